The quantitative estimate of drug-likeness (QED) is 0.804. The Morgan fingerprint density at radius 1 is 1.53 bits per heavy atom. The predicted molar refractivity (Wildman–Crippen MR) is 68.3 cm³/mol. The van der Waals surface area contributed by atoms with Gasteiger partial charge in [0.15, 0.2) is 0 Å². The van der Waals surface area contributed by atoms with Crippen LogP contribution < -0.4 is 5.32 Å². The highest BCUT2D eigenvalue weighted by molar-refractivity contribution is 7.99. The molecule has 1 atom stereocenters. The minimum Gasteiger partial charge on any atom is -0.308 e. The van der Waals surface area contributed by atoms with Crippen molar-refractivity contribution in [1.82, 2.24) is 10.3 Å². The van der Waals surface area contributed by atoms with Gasteiger partial charge in [0, 0.05) is 24.5 Å². The normalized spacial score (nSPS) is 12.7. The maximum Gasteiger partial charge on any atom is 0.0570 e. The molecule has 1 aromatic heterocycles. The third-order valence-corrected chi connectivity index (χ3v) is 3.45. The van der Waals surface area contributed by atoms with Crippen LogP contribution in [0.3, 0.4) is 0 Å². The number of thioether (sulfide) groups is 1. The van der Waals surface area contributed by atoms with Crippen LogP contribution in [-0.4, -0.2) is 22.5 Å². The van der Waals surface area contributed by atoms with Gasteiger partial charge in [-0.25, -0.2) is 0 Å². The average Bonchev–Trinajstić information content (AvgIpc) is 2.25. The lowest BCUT2D eigenvalue weighted by Crippen LogP contribution is -2.28. The van der Waals surface area contributed by atoms with Gasteiger partial charge >= 0.3 is 0 Å². The highest BCUT2D eigenvalue weighted by atomic mass is 32.2. The number of hydrogen-bond donors (Lipinski definition) is 1. The maximum absolute atomic E-state index is 4.36. The van der Waals surface area contributed by atoms with Gasteiger partial charge in [-0.3, -0.25) is 4.98 Å². The topological polar surface area (TPSA) is 24.9 Å². The predicted octanol–water partition coefficient (Wildman–Crippen LogP) is 2.62. The zero-order valence-corrected chi connectivity index (χ0v) is 10.6. The summed E-state index contributed by atoms with van der Waals surface area (Å²) in [7, 11) is 0. The molecule has 0 aliphatic carbocycles. The molecule has 0 saturated carbocycles. The van der Waals surface area contributed by atoms with E-state index < -0.39 is 0 Å². The van der Waals surface area contributed by atoms with Crippen molar-refractivity contribution >= 4 is 11.8 Å². The van der Waals surface area contributed by atoms with E-state index in [2.05, 4.69) is 37.1 Å². The second kappa shape index (κ2) is 6.85. The summed E-state index contributed by atoms with van der Waals surface area (Å²) >= 11 is 1.97. The molecule has 2 nitrogen and oxygen atoms in total. The Labute approximate surface area is 96.9 Å². The van der Waals surface area contributed by atoms with Crippen LogP contribution in [0.5, 0.6) is 0 Å². The maximum atomic E-state index is 4.36. The molecule has 1 aromatic rings. The fourth-order valence-corrected chi connectivity index (χ4v) is 2.04. The number of hydrogen-bond acceptors (Lipinski definition) is 3. The summed E-state index contributed by atoms with van der Waals surface area (Å²) in [4.78, 5) is 4.36. The van der Waals surface area contributed by atoms with E-state index in [4.69, 9.17) is 0 Å². The van der Waals surface area contributed by atoms with Crippen LogP contribution in [0.1, 0.15) is 25.1 Å². The van der Waals surface area contributed by atoms with Gasteiger partial charge in [-0.2, -0.15) is 11.8 Å². The van der Waals surface area contributed by atoms with E-state index in [1.54, 1.807) is 0 Å². The van der Waals surface area contributed by atoms with Crippen molar-refractivity contribution in [2.24, 2.45) is 0 Å². The lowest BCUT2D eigenvalue weighted by atomic mass is 10.2. The van der Waals surface area contributed by atoms with Gasteiger partial charge in [0.2, 0.25) is 0 Å². The molecule has 1 unspecified atom stereocenters. The van der Waals surface area contributed by atoms with E-state index in [-0.39, 0.29) is 0 Å². The molecule has 0 amide bonds. The zero-order chi connectivity index (χ0) is 11.1. The van der Waals surface area contributed by atoms with E-state index in [1.165, 1.54) is 17.1 Å². The Hall–Kier alpha value is -0.540. The van der Waals surface area contributed by atoms with Crippen molar-refractivity contribution < 1.29 is 0 Å². The molecule has 0 radical (unpaired) electrons. The standard InChI is InChI=1S/C12H20N2S/c1-4-15-9-11(3)14-8-12-10(2)6-5-7-13-12/h5-7,11,14H,4,8-9H2,1-3H3. The van der Waals surface area contributed by atoms with Crippen molar-refractivity contribution in [3.8, 4) is 0 Å². The van der Waals surface area contributed by atoms with Crippen molar-refractivity contribution in [2.75, 3.05) is 11.5 Å². The van der Waals surface area contributed by atoms with Gasteiger partial charge in [0.05, 0.1) is 5.69 Å². The molecular formula is C12H20N2S. The molecule has 0 fully saturated rings. The number of aromatic nitrogens is 1. The molecule has 0 spiro atoms. The van der Waals surface area contributed by atoms with Crippen molar-refractivity contribution in [3.63, 3.8) is 0 Å². The molecule has 3 heteroatoms. The third kappa shape index (κ3) is 4.67. The molecule has 0 saturated heterocycles. The summed E-state index contributed by atoms with van der Waals surface area (Å²) < 4.78 is 0. The van der Waals surface area contributed by atoms with Gasteiger partial charge in [-0.15, -0.1) is 0 Å². The van der Waals surface area contributed by atoms with Crippen molar-refractivity contribution in [1.29, 1.82) is 0 Å². The van der Waals surface area contributed by atoms with Crippen molar-refractivity contribution in [3.05, 3.63) is 29.6 Å². The monoisotopic (exact) mass is 224 g/mol. The molecule has 15 heavy (non-hydrogen) atoms. The van der Waals surface area contributed by atoms with Crippen LogP contribution in [0.4, 0.5) is 0 Å². The van der Waals surface area contributed by atoms with Gasteiger partial charge in [-0.1, -0.05) is 13.0 Å². The van der Waals surface area contributed by atoms with E-state index in [0.29, 0.717) is 6.04 Å². The smallest absolute Gasteiger partial charge is 0.0570 e. The number of nitrogens with zero attached hydrogens (tertiary/aromatic N) is 1. The van der Waals surface area contributed by atoms with Gasteiger partial charge < -0.3 is 5.32 Å². The largest absolute Gasteiger partial charge is 0.308 e. The first kappa shape index (κ1) is 12.5. The lowest BCUT2D eigenvalue weighted by Gasteiger charge is -2.13. The Morgan fingerprint density at radius 2 is 2.33 bits per heavy atom. The van der Waals surface area contributed by atoms with Crippen LogP contribution in [0.2, 0.25) is 0 Å². The molecule has 0 aliphatic rings. The summed E-state index contributed by atoms with van der Waals surface area (Å²) in [5, 5.41) is 3.49. The third-order valence-electron chi connectivity index (χ3n) is 2.31. The highest BCUT2D eigenvalue weighted by Gasteiger charge is 2.03. The number of pyridine rings is 1. The molecular weight excluding hydrogens is 204 g/mol. The lowest BCUT2D eigenvalue weighted by molar-refractivity contribution is 0.586. The summed E-state index contributed by atoms with van der Waals surface area (Å²) in [5.74, 6) is 2.36. The summed E-state index contributed by atoms with van der Waals surface area (Å²) in [6, 6.07) is 4.64. The highest BCUT2D eigenvalue weighted by Crippen LogP contribution is 2.05. The molecule has 1 N–H and O–H groups in total. The Morgan fingerprint density at radius 3 is 3.00 bits per heavy atom. The van der Waals surface area contributed by atoms with E-state index in [0.717, 1.165) is 12.2 Å². The SMILES string of the molecule is CCSCC(C)NCc1ncccc1C. The van der Waals surface area contributed by atoms with Gasteiger partial charge in [0.1, 0.15) is 0 Å². The van der Waals surface area contributed by atoms with Crippen LogP contribution >= 0.6 is 11.8 Å². The van der Waals surface area contributed by atoms with Gasteiger partial charge in [0.25, 0.3) is 0 Å². The minimum atomic E-state index is 0.552. The van der Waals surface area contributed by atoms with E-state index in [9.17, 15) is 0 Å². The number of rotatable bonds is 6. The fourth-order valence-electron chi connectivity index (χ4n) is 1.33. The molecule has 0 aliphatic heterocycles. The molecule has 84 valence electrons. The van der Waals surface area contributed by atoms with Crippen molar-refractivity contribution in [2.45, 2.75) is 33.4 Å². The second-order valence-electron chi connectivity index (χ2n) is 3.71. The first-order valence-corrected chi connectivity index (χ1v) is 6.61. The zero-order valence-electron chi connectivity index (χ0n) is 9.79. The molecule has 0 bridgehead atoms. The fraction of sp³-hybridized carbons (Fsp3) is 0.583. The van der Waals surface area contributed by atoms with E-state index >= 15 is 0 Å². The van der Waals surface area contributed by atoms with E-state index in [1.807, 2.05) is 24.0 Å². The second-order valence-corrected chi connectivity index (χ2v) is 5.03. The summed E-state index contributed by atoms with van der Waals surface area (Å²) in [6.07, 6.45) is 1.86. The number of aryl methyl sites for hydroxylation is 1. The number of nitrogens with one attached hydrogen (secondary N) is 1. The molecule has 1 rings (SSSR count). The average molecular weight is 224 g/mol. The van der Waals surface area contributed by atoms with Gasteiger partial charge in [-0.05, 0) is 31.2 Å². The van der Waals surface area contributed by atoms with Crippen LogP contribution in [0.15, 0.2) is 18.3 Å². The first-order valence-electron chi connectivity index (χ1n) is 5.45. The Kier molecular flexibility index (Phi) is 5.73. The summed E-state index contributed by atoms with van der Waals surface area (Å²) in [5.41, 5.74) is 2.42. The van der Waals surface area contributed by atoms with Crippen LogP contribution in [0.25, 0.3) is 0 Å². The summed E-state index contributed by atoms with van der Waals surface area (Å²) in [6.45, 7) is 7.40. The Balaban J connectivity index is 2.33. The Bertz CT molecular complexity index is 289. The van der Waals surface area contributed by atoms with Crippen LogP contribution in [0, 0.1) is 6.92 Å². The first-order chi connectivity index (χ1) is 7.24. The molecule has 1 heterocycles. The minimum absolute atomic E-state index is 0.552. The van der Waals surface area contributed by atoms with Crippen LogP contribution in [-0.2, 0) is 6.54 Å². The molecule has 0 aromatic carbocycles.